The van der Waals surface area contributed by atoms with Gasteiger partial charge in [-0.2, -0.15) is 13.2 Å². The first-order valence-electron chi connectivity index (χ1n) is 7.57. The molecule has 1 saturated carbocycles. The zero-order chi connectivity index (χ0) is 17.1. The van der Waals surface area contributed by atoms with E-state index in [1.165, 1.54) is 12.1 Å². The molecule has 1 aromatic carbocycles. The van der Waals surface area contributed by atoms with E-state index >= 15 is 0 Å². The largest absolute Gasteiger partial charge is 0.416 e. The Balaban J connectivity index is 2.08. The molecule has 0 bridgehead atoms. The average Bonchev–Trinajstić information content (AvgIpc) is 2.97. The summed E-state index contributed by atoms with van der Waals surface area (Å²) in [5, 5.41) is 0. The highest BCUT2D eigenvalue weighted by Gasteiger charge is 2.31. The predicted molar refractivity (Wildman–Crippen MR) is 82.0 cm³/mol. The van der Waals surface area contributed by atoms with Crippen LogP contribution in [0.3, 0.4) is 0 Å². The summed E-state index contributed by atoms with van der Waals surface area (Å²) in [6.45, 7) is 0.187. The van der Waals surface area contributed by atoms with Gasteiger partial charge >= 0.3 is 6.18 Å². The average molecular weight is 350 g/mol. The third-order valence-electron chi connectivity index (χ3n) is 4.16. The summed E-state index contributed by atoms with van der Waals surface area (Å²) in [5.41, 5.74) is 4.91. The van der Waals surface area contributed by atoms with E-state index in [-0.39, 0.29) is 24.1 Å². The fraction of sp³-hybridized carbons (Fsp3) is 0.600. The Labute approximate surface area is 134 Å². The molecule has 1 fully saturated rings. The molecule has 3 N–H and O–H groups in total. The van der Waals surface area contributed by atoms with Gasteiger partial charge in [0.25, 0.3) is 0 Å². The highest BCUT2D eigenvalue weighted by molar-refractivity contribution is 7.88. The molecule has 1 aliphatic rings. The molecule has 1 aromatic rings. The van der Waals surface area contributed by atoms with Crippen molar-refractivity contribution in [3.05, 3.63) is 35.4 Å². The van der Waals surface area contributed by atoms with E-state index in [0.717, 1.165) is 37.8 Å². The molecule has 1 unspecified atom stereocenters. The normalized spacial score (nSPS) is 18.3. The Morgan fingerprint density at radius 3 is 2.48 bits per heavy atom. The van der Waals surface area contributed by atoms with E-state index in [2.05, 4.69) is 4.72 Å². The van der Waals surface area contributed by atoms with Gasteiger partial charge in [-0.1, -0.05) is 31.0 Å². The Morgan fingerprint density at radius 2 is 1.91 bits per heavy atom. The maximum Gasteiger partial charge on any atom is 0.416 e. The fourth-order valence-electron chi connectivity index (χ4n) is 3.03. The summed E-state index contributed by atoms with van der Waals surface area (Å²) in [7, 11) is -3.74. The number of halogens is 3. The lowest BCUT2D eigenvalue weighted by atomic mass is 9.99. The number of benzene rings is 1. The molecular formula is C15H21F3N2O2S. The molecule has 0 saturated heterocycles. The molecule has 0 aromatic heterocycles. The molecule has 0 heterocycles. The molecule has 8 heteroatoms. The summed E-state index contributed by atoms with van der Waals surface area (Å²) in [4.78, 5) is 0. The summed E-state index contributed by atoms with van der Waals surface area (Å²) >= 11 is 0. The van der Waals surface area contributed by atoms with E-state index in [4.69, 9.17) is 5.73 Å². The Bertz CT molecular complexity index is 626. The molecule has 1 aliphatic carbocycles. The van der Waals surface area contributed by atoms with Crippen LogP contribution in [-0.4, -0.2) is 21.0 Å². The quantitative estimate of drug-likeness (QED) is 0.828. The summed E-state index contributed by atoms with van der Waals surface area (Å²) in [6.07, 6.45) is -0.536. The lowest BCUT2D eigenvalue weighted by Gasteiger charge is -2.23. The van der Waals surface area contributed by atoms with Gasteiger partial charge in [-0.05, 0) is 30.4 Å². The lowest BCUT2D eigenvalue weighted by molar-refractivity contribution is -0.137. The van der Waals surface area contributed by atoms with Crippen LogP contribution in [0.4, 0.5) is 13.2 Å². The van der Waals surface area contributed by atoms with Crippen molar-refractivity contribution in [2.45, 2.75) is 43.7 Å². The number of hydrogen-bond acceptors (Lipinski definition) is 3. The maximum absolute atomic E-state index is 12.7. The molecule has 0 spiro atoms. The minimum Gasteiger partial charge on any atom is -0.329 e. The van der Waals surface area contributed by atoms with Crippen LogP contribution < -0.4 is 10.5 Å². The maximum atomic E-state index is 12.7. The number of alkyl halides is 3. The van der Waals surface area contributed by atoms with Gasteiger partial charge in [-0.15, -0.1) is 0 Å². The van der Waals surface area contributed by atoms with E-state index < -0.39 is 27.5 Å². The first kappa shape index (κ1) is 18.2. The van der Waals surface area contributed by atoms with E-state index in [9.17, 15) is 21.6 Å². The molecule has 2 rings (SSSR count). The summed E-state index contributed by atoms with van der Waals surface area (Å²) in [5.74, 6) is -0.281. The van der Waals surface area contributed by atoms with Crippen LogP contribution in [0.15, 0.2) is 24.3 Å². The number of hydrogen-bond donors (Lipinski definition) is 2. The van der Waals surface area contributed by atoms with Gasteiger partial charge in [0.2, 0.25) is 10.0 Å². The molecule has 4 nitrogen and oxygen atoms in total. The van der Waals surface area contributed by atoms with E-state index in [1.807, 2.05) is 0 Å². The minimum atomic E-state index is -4.49. The van der Waals surface area contributed by atoms with Gasteiger partial charge in [-0.3, -0.25) is 0 Å². The van der Waals surface area contributed by atoms with Crippen LogP contribution in [0, 0.1) is 5.92 Å². The van der Waals surface area contributed by atoms with Crippen molar-refractivity contribution in [2.24, 2.45) is 11.7 Å². The van der Waals surface area contributed by atoms with Crippen LogP contribution in [0.5, 0.6) is 0 Å². The third-order valence-corrected chi connectivity index (χ3v) is 5.54. The number of nitrogens with two attached hydrogens (primary N) is 1. The second-order valence-electron chi connectivity index (χ2n) is 5.96. The van der Waals surface area contributed by atoms with Crippen molar-refractivity contribution in [2.75, 3.05) is 6.54 Å². The molecule has 1 atom stereocenters. The smallest absolute Gasteiger partial charge is 0.329 e. The van der Waals surface area contributed by atoms with Crippen LogP contribution in [-0.2, 0) is 22.0 Å². The molecule has 0 aliphatic heterocycles. The Morgan fingerprint density at radius 1 is 1.26 bits per heavy atom. The number of nitrogens with one attached hydrogen (secondary N) is 1. The monoisotopic (exact) mass is 350 g/mol. The van der Waals surface area contributed by atoms with Crippen molar-refractivity contribution in [3.63, 3.8) is 0 Å². The second-order valence-corrected chi connectivity index (χ2v) is 7.72. The molecular weight excluding hydrogens is 329 g/mol. The van der Waals surface area contributed by atoms with Crippen LogP contribution in [0.1, 0.15) is 36.8 Å². The first-order valence-corrected chi connectivity index (χ1v) is 9.23. The topological polar surface area (TPSA) is 72.2 Å². The Kier molecular flexibility index (Phi) is 5.70. The minimum absolute atomic E-state index is 0.106. The second kappa shape index (κ2) is 7.19. The molecule has 0 amide bonds. The van der Waals surface area contributed by atoms with Gasteiger partial charge in [0.1, 0.15) is 0 Å². The summed E-state index contributed by atoms with van der Waals surface area (Å²) < 4.78 is 65.1. The highest BCUT2D eigenvalue weighted by atomic mass is 32.2. The van der Waals surface area contributed by atoms with Gasteiger partial charge in [0, 0.05) is 12.6 Å². The zero-order valence-corrected chi connectivity index (χ0v) is 13.5. The van der Waals surface area contributed by atoms with Gasteiger partial charge in [0.15, 0.2) is 0 Å². The van der Waals surface area contributed by atoms with Crippen molar-refractivity contribution in [3.8, 4) is 0 Å². The van der Waals surface area contributed by atoms with Crippen molar-refractivity contribution >= 4 is 10.0 Å². The van der Waals surface area contributed by atoms with Crippen molar-refractivity contribution in [1.82, 2.24) is 4.72 Å². The third kappa shape index (κ3) is 5.19. The number of sulfonamides is 1. The molecule has 130 valence electrons. The van der Waals surface area contributed by atoms with Crippen LogP contribution in [0.25, 0.3) is 0 Å². The van der Waals surface area contributed by atoms with Crippen LogP contribution >= 0.6 is 0 Å². The molecule has 23 heavy (non-hydrogen) atoms. The highest BCUT2D eigenvalue weighted by Crippen LogP contribution is 2.30. The first-order chi connectivity index (χ1) is 10.7. The van der Waals surface area contributed by atoms with Crippen molar-refractivity contribution < 1.29 is 21.6 Å². The number of rotatable bonds is 6. The van der Waals surface area contributed by atoms with E-state index in [1.54, 1.807) is 0 Å². The van der Waals surface area contributed by atoms with Crippen molar-refractivity contribution in [1.29, 1.82) is 0 Å². The van der Waals surface area contributed by atoms with Gasteiger partial charge in [0.05, 0.1) is 11.3 Å². The van der Waals surface area contributed by atoms with E-state index in [0.29, 0.717) is 0 Å². The molecule has 0 radical (unpaired) electrons. The standard InChI is InChI=1S/C15H21F3N2O2S/c16-15(17,18)13-7-3-4-11(8-13)10-23(21,22)20-14(9-19)12-5-1-2-6-12/h3-4,7-8,12,14,20H,1-2,5-6,9-10,19H2. The van der Waals surface area contributed by atoms with Gasteiger partial charge < -0.3 is 5.73 Å². The predicted octanol–water partition coefficient (Wildman–Crippen LogP) is 2.64. The lowest BCUT2D eigenvalue weighted by Crippen LogP contribution is -2.44. The summed E-state index contributed by atoms with van der Waals surface area (Å²) in [6, 6.07) is 4.03. The zero-order valence-electron chi connectivity index (χ0n) is 12.6. The SMILES string of the molecule is NCC(NS(=O)(=O)Cc1cccc(C(F)(F)F)c1)C1CCCC1. The fourth-order valence-corrected chi connectivity index (χ4v) is 4.48. The van der Waals surface area contributed by atoms with Crippen LogP contribution in [0.2, 0.25) is 0 Å². The Hall–Kier alpha value is -1.12. The van der Waals surface area contributed by atoms with Gasteiger partial charge in [-0.25, -0.2) is 13.1 Å².